The van der Waals surface area contributed by atoms with E-state index in [1.54, 1.807) is 0 Å². The van der Waals surface area contributed by atoms with Crippen LogP contribution in [0.15, 0.2) is 18.2 Å². The highest BCUT2D eigenvalue weighted by atomic mass is 32.2. The van der Waals surface area contributed by atoms with Crippen molar-refractivity contribution in [1.82, 2.24) is 4.31 Å². The van der Waals surface area contributed by atoms with Gasteiger partial charge in [0, 0.05) is 13.1 Å². The summed E-state index contributed by atoms with van der Waals surface area (Å²) in [4.78, 5) is 11.2. The molecule has 0 radical (unpaired) electrons. The van der Waals surface area contributed by atoms with E-state index in [-0.39, 0.29) is 11.3 Å². The molecule has 116 valence electrons. The van der Waals surface area contributed by atoms with Gasteiger partial charge < -0.3 is 9.84 Å². The van der Waals surface area contributed by atoms with Gasteiger partial charge in [-0.1, -0.05) is 6.42 Å². The minimum Gasteiger partial charge on any atom is -0.497 e. The van der Waals surface area contributed by atoms with Crippen LogP contribution in [0.3, 0.4) is 0 Å². The topological polar surface area (TPSA) is 95.9 Å². The molecule has 21 heavy (non-hydrogen) atoms. The third-order valence-corrected chi connectivity index (χ3v) is 4.87. The summed E-state index contributed by atoms with van der Waals surface area (Å²) in [5, 5.41) is 9.19. The zero-order valence-electron chi connectivity index (χ0n) is 11.7. The molecule has 0 amide bonds. The Bertz CT molecular complexity index is 623. The Morgan fingerprint density at radius 3 is 2.52 bits per heavy atom. The van der Waals surface area contributed by atoms with Crippen molar-refractivity contribution in [1.29, 1.82) is 0 Å². The summed E-state index contributed by atoms with van der Waals surface area (Å²) in [5.74, 6) is -0.862. The van der Waals surface area contributed by atoms with Gasteiger partial charge in [-0.2, -0.15) is 12.7 Å². The van der Waals surface area contributed by atoms with Crippen molar-refractivity contribution in [3.63, 3.8) is 0 Å². The first-order chi connectivity index (χ1) is 9.94. The quantitative estimate of drug-likeness (QED) is 0.859. The summed E-state index contributed by atoms with van der Waals surface area (Å²) in [7, 11) is -2.32. The molecule has 2 rings (SSSR count). The van der Waals surface area contributed by atoms with Gasteiger partial charge in [0.15, 0.2) is 0 Å². The molecule has 1 saturated heterocycles. The smallest absolute Gasteiger partial charge is 0.337 e. The molecule has 1 aliphatic rings. The van der Waals surface area contributed by atoms with E-state index in [0.29, 0.717) is 18.8 Å². The van der Waals surface area contributed by atoms with Gasteiger partial charge in [-0.05, 0) is 31.0 Å². The number of hydrogen-bond donors (Lipinski definition) is 2. The van der Waals surface area contributed by atoms with Gasteiger partial charge in [0.05, 0.1) is 18.4 Å². The molecular weight excluding hydrogens is 296 g/mol. The molecule has 0 spiro atoms. The van der Waals surface area contributed by atoms with E-state index in [2.05, 4.69) is 4.72 Å². The fourth-order valence-electron chi connectivity index (χ4n) is 2.23. The lowest BCUT2D eigenvalue weighted by atomic mass is 10.2. The van der Waals surface area contributed by atoms with Crippen molar-refractivity contribution >= 4 is 21.9 Å². The zero-order valence-corrected chi connectivity index (χ0v) is 12.5. The first-order valence-corrected chi connectivity index (χ1v) is 8.07. The van der Waals surface area contributed by atoms with E-state index in [0.717, 1.165) is 19.3 Å². The second-order valence-electron chi connectivity index (χ2n) is 4.78. The fourth-order valence-corrected chi connectivity index (χ4v) is 3.55. The Morgan fingerprint density at radius 2 is 1.95 bits per heavy atom. The highest BCUT2D eigenvalue weighted by Crippen LogP contribution is 2.24. The normalized spacial score (nSPS) is 16.4. The van der Waals surface area contributed by atoms with Crippen molar-refractivity contribution in [2.45, 2.75) is 19.3 Å². The van der Waals surface area contributed by atoms with Crippen LogP contribution in [-0.2, 0) is 10.2 Å². The summed E-state index contributed by atoms with van der Waals surface area (Å²) in [5.41, 5.74) is -0.108. The lowest BCUT2D eigenvalue weighted by Gasteiger charge is -2.26. The van der Waals surface area contributed by atoms with Crippen LogP contribution in [0, 0.1) is 0 Å². The number of anilines is 1. The molecule has 0 unspecified atom stereocenters. The molecule has 0 aliphatic carbocycles. The zero-order chi connectivity index (χ0) is 15.5. The van der Waals surface area contributed by atoms with Crippen molar-refractivity contribution in [3.05, 3.63) is 23.8 Å². The summed E-state index contributed by atoms with van der Waals surface area (Å²) in [6.45, 7) is 0.905. The van der Waals surface area contributed by atoms with Gasteiger partial charge in [-0.15, -0.1) is 0 Å². The van der Waals surface area contributed by atoms with Crippen LogP contribution in [0.4, 0.5) is 5.69 Å². The van der Waals surface area contributed by atoms with Crippen LogP contribution in [0.5, 0.6) is 5.75 Å². The standard InChI is InChI=1S/C13H18N2O5S/c1-20-10-5-6-12(11(9-10)13(16)17)14-21(18,19)15-7-3-2-4-8-15/h5-6,9,14H,2-4,7-8H2,1H3,(H,16,17). The molecule has 7 nitrogen and oxygen atoms in total. The number of carboxylic acids is 1. The average Bonchev–Trinajstić information content (AvgIpc) is 2.48. The van der Waals surface area contributed by atoms with Crippen LogP contribution in [0.2, 0.25) is 0 Å². The Kier molecular flexibility index (Phi) is 4.69. The highest BCUT2D eigenvalue weighted by molar-refractivity contribution is 7.90. The number of nitrogens with zero attached hydrogens (tertiary/aromatic N) is 1. The molecule has 1 heterocycles. The lowest BCUT2D eigenvalue weighted by Crippen LogP contribution is -2.39. The van der Waals surface area contributed by atoms with E-state index >= 15 is 0 Å². The van der Waals surface area contributed by atoms with Crippen LogP contribution in [-0.4, -0.2) is 44.0 Å². The molecule has 0 aromatic heterocycles. The van der Waals surface area contributed by atoms with Crippen LogP contribution < -0.4 is 9.46 Å². The van der Waals surface area contributed by atoms with Gasteiger partial charge in [0.2, 0.25) is 0 Å². The molecule has 0 atom stereocenters. The number of methoxy groups -OCH3 is 1. The molecule has 0 bridgehead atoms. The molecular formula is C13H18N2O5S. The average molecular weight is 314 g/mol. The number of carbonyl (C=O) groups is 1. The van der Waals surface area contributed by atoms with E-state index in [1.807, 2.05) is 0 Å². The van der Waals surface area contributed by atoms with Gasteiger partial charge in [0.1, 0.15) is 5.75 Å². The van der Waals surface area contributed by atoms with E-state index in [4.69, 9.17) is 4.74 Å². The third-order valence-electron chi connectivity index (χ3n) is 3.35. The summed E-state index contributed by atoms with van der Waals surface area (Å²) in [6, 6.07) is 4.20. The van der Waals surface area contributed by atoms with Crippen molar-refractivity contribution < 1.29 is 23.1 Å². The summed E-state index contributed by atoms with van der Waals surface area (Å²) >= 11 is 0. The monoisotopic (exact) mass is 314 g/mol. The predicted molar refractivity (Wildman–Crippen MR) is 77.9 cm³/mol. The minimum atomic E-state index is -3.73. The molecule has 0 saturated carbocycles. The predicted octanol–water partition coefficient (Wildman–Crippen LogP) is 1.54. The number of aromatic carboxylic acids is 1. The Hall–Kier alpha value is -1.80. The number of hydrogen-bond acceptors (Lipinski definition) is 4. The Morgan fingerprint density at radius 1 is 1.29 bits per heavy atom. The third kappa shape index (κ3) is 3.64. The van der Waals surface area contributed by atoms with E-state index in [1.165, 1.54) is 29.6 Å². The minimum absolute atomic E-state index is 0.0360. The first-order valence-electron chi connectivity index (χ1n) is 6.63. The Balaban J connectivity index is 2.27. The molecule has 1 aromatic carbocycles. The first kappa shape index (κ1) is 15.6. The van der Waals surface area contributed by atoms with Crippen molar-refractivity contribution in [3.8, 4) is 5.75 Å². The highest BCUT2D eigenvalue weighted by Gasteiger charge is 2.25. The van der Waals surface area contributed by atoms with Gasteiger partial charge in [-0.3, -0.25) is 4.72 Å². The van der Waals surface area contributed by atoms with Gasteiger partial charge >= 0.3 is 16.2 Å². The van der Waals surface area contributed by atoms with E-state index in [9.17, 15) is 18.3 Å². The molecule has 1 aliphatic heterocycles. The number of carboxylic acid groups (broad SMARTS) is 1. The van der Waals surface area contributed by atoms with Crippen LogP contribution >= 0.6 is 0 Å². The number of rotatable bonds is 5. The SMILES string of the molecule is COc1ccc(NS(=O)(=O)N2CCCCC2)c(C(=O)O)c1. The lowest BCUT2D eigenvalue weighted by molar-refractivity contribution is 0.0697. The second-order valence-corrected chi connectivity index (χ2v) is 6.45. The number of piperidine rings is 1. The number of ether oxygens (including phenoxy) is 1. The summed E-state index contributed by atoms with van der Waals surface area (Å²) in [6.07, 6.45) is 2.64. The Labute approximate surface area is 123 Å². The maximum atomic E-state index is 12.3. The maximum absolute atomic E-state index is 12.3. The number of benzene rings is 1. The largest absolute Gasteiger partial charge is 0.497 e. The molecule has 8 heteroatoms. The maximum Gasteiger partial charge on any atom is 0.337 e. The molecule has 2 N–H and O–H groups in total. The summed E-state index contributed by atoms with van der Waals surface area (Å²) < 4.78 is 33.2. The van der Waals surface area contributed by atoms with E-state index < -0.39 is 16.2 Å². The fraction of sp³-hybridized carbons (Fsp3) is 0.462. The van der Waals surface area contributed by atoms with Gasteiger partial charge in [-0.25, -0.2) is 4.79 Å². The second kappa shape index (κ2) is 6.31. The van der Waals surface area contributed by atoms with Crippen molar-refractivity contribution in [2.24, 2.45) is 0 Å². The van der Waals surface area contributed by atoms with Crippen LogP contribution in [0.1, 0.15) is 29.6 Å². The molecule has 1 aromatic rings. The number of nitrogens with one attached hydrogen (secondary N) is 1. The molecule has 1 fully saturated rings. The van der Waals surface area contributed by atoms with Gasteiger partial charge in [0.25, 0.3) is 0 Å². The van der Waals surface area contributed by atoms with Crippen molar-refractivity contribution in [2.75, 3.05) is 24.9 Å². The van der Waals surface area contributed by atoms with Crippen LogP contribution in [0.25, 0.3) is 0 Å².